The van der Waals surface area contributed by atoms with Crippen molar-refractivity contribution in [3.05, 3.63) is 40.4 Å². The normalized spacial score (nSPS) is 13.2. The van der Waals surface area contributed by atoms with Crippen LogP contribution >= 0.6 is 15.9 Å². The van der Waals surface area contributed by atoms with Crippen molar-refractivity contribution in [3.8, 4) is 0 Å². The molecule has 0 aromatic heterocycles. The molecular weight excluding hydrogens is 321 g/mol. The van der Waals surface area contributed by atoms with E-state index in [2.05, 4.69) is 15.9 Å². The zero-order chi connectivity index (χ0) is 13.1. The van der Waals surface area contributed by atoms with E-state index in [0.717, 1.165) is 10.5 Å². The van der Waals surface area contributed by atoms with E-state index < -0.39 is 21.1 Å². The third-order valence-corrected chi connectivity index (χ3v) is 3.71. The molecule has 0 bridgehead atoms. The standard InChI is InChI=1S/C10H8BrF3O2S/c11-9-5-3-8(4-6-9)2-1-7-17(15,16)10(12,13)14/h1-6H,7H2/b2-1+. The summed E-state index contributed by atoms with van der Waals surface area (Å²) in [4.78, 5) is 0. The third kappa shape index (κ3) is 4.16. The third-order valence-electron chi connectivity index (χ3n) is 1.85. The summed E-state index contributed by atoms with van der Waals surface area (Å²) in [6.45, 7) is 0. The van der Waals surface area contributed by atoms with Crippen LogP contribution in [-0.4, -0.2) is 19.7 Å². The molecule has 0 N–H and O–H groups in total. The van der Waals surface area contributed by atoms with E-state index in [9.17, 15) is 21.6 Å². The fraction of sp³-hybridized carbons (Fsp3) is 0.200. The first-order valence-electron chi connectivity index (χ1n) is 4.43. The minimum atomic E-state index is -5.20. The lowest BCUT2D eigenvalue weighted by molar-refractivity contribution is -0.0432. The second-order valence-electron chi connectivity index (χ2n) is 3.18. The maximum Gasteiger partial charge on any atom is 0.497 e. The van der Waals surface area contributed by atoms with Crippen molar-refractivity contribution in [1.29, 1.82) is 0 Å². The highest BCUT2D eigenvalue weighted by Gasteiger charge is 2.44. The summed E-state index contributed by atoms with van der Waals surface area (Å²) in [5.74, 6) is -1.05. The maximum atomic E-state index is 12.0. The van der Waals surface area contributed by atoms with Crippen molar-refractivity contribution >= 4 is 31.8 Å². The van der Waals surface area contributed by atoms with E-state index in [1.54, 1.807) is 24.3 Å². The SMILES string of the molecule is O=S(=O)(C/C=C/c1ccc(Br)cc1)C(F)(F)F. The predicted octanol–water partition coefficient (Wildman–Crippen LogP) is 3.40. The zero-order valence-corrected chi connectivity index (χ0v) is 10.8. The lowest BCUT2D eigenvalue weighted by Crippen LogP contribution is -2.25. The molecule has 0 saturated carbocycles. The number of benzene rings is 1. The van der Waals surface area contributed by atoms with Gasteiger partial charge in [-0.15, -0.1) is 0 Å². The van der Waals surface area contributed by atoms with Crippen LogP contribution in [0.25, 0.3) is 6.08 Å². The molecule has 0 heterocycles. The van der Waals surface area contributed by atoms with Gasteiger partial charge in [0.05, 0.1) is 5.75 Å². The molecule has 0 aliphatic carbocycles. The van der Waals surface area contributed by atoms with Gasteiger partial charge in [-0.25, -0.2) is 8.42 Å². The maximum absolute atomic E-state index is 12.0. The van der Waals surface area contributed by atoms with Gasteiger partial charge in [0.15, 0.2) is 0 Å². The quantitative estimate of drug-likeness (QED) is 0.852. The smallest absolute Gasteiger partial charge is 0.219 e. The first-order valence-corrected chi connectivity index (χ1v) is 6.88. The lowest BCUT2D eigenvalue weighted by atomic mass is 10.2. The van der Waals surface area contributed by atoms with Crippen LogP contribution in [0.5, 0.6) is 0 Å². The van der Waals surface area contributed by atoms with Gasteiger partial charge in [-0.05, 0) is 17.7 Å². The van der Waals surface area contributed by atoms with Crippen molar-refractivity contribution in [1.82, 2.24) is 0 Å². The second-order valence-corrected chi connectivity index (χ2v) is 6.12. The van der Waals surface area contributed by atoms with Gasteiger partial charge < -0.3 is 0 Å². The number of halogens is 4. The topological polar surface area (TPSA) is 34.1 Å². The number of hydrogen-bond acceptors (Lipinski definition) is 2. The predicted molar refractivity (Wildman–Crippen MR) is 63.0 cm³/mol. The summed E-state index contributed by atoms with van der Waals surface area (Å²) in [5.41, 5.74) is -4.57. The number of alkyl halides is 3. The van der Waals surface area contributed by atoms with Crippen LogP contribution < -0.4 is 0 Å². The Hall–Kier alpha value is -0.820. The summed E-state index contributed by atoms with van der Waals surface area (Å²) < 4.78 is 58.2. The highest BCUT2D eigenvalue weighted by atomic mass is 79.9. The Bertz CT molecular complexity index is 503. The van der Waals surface area contributed by atoms with E-state index in [1.807, 2.05) is 0 Å². The van der Waals surface area contributed by atoms with Crippen molar-refractivity contribution in [2.24, 2.45) is 0 Å². The summed E-state index contributed by atoms with van der Waals surface area (Å²) in [6.07, 6.45) is 2.31. The molecule has 0 aliphatic rings. The molecule has 94 valence electrons. The minimum absolute atomic E-state index is 0.630. The molecule has 0 aliphatic heterocycles. The Labute approximate surface area is 105 Å². The highest BCUT2D eigenvalue weighted by Crippen LogP contribution is 2.24. The van der Waals surface area contributed by atoms with E-state index in [4.69, 9.17) is 0 Å². The molecule has 17 heavy (non-hydrogen) atoms. The summed E-state index contributed by atoms with van der Waals surface area (Å²) in [7, 11) is -5.07. The van der Waals surface area contributed by atoms with Crippen LogP contribution in [0.4, 0.5) is 13.2 Å². The monoisotopic (exact) mass is 328 g/mol. The molecule has 0 saturated heterocycles. The fourth-order valence-electron chi connectivity index (χ4n) is 0.979. The first kappa shape index (κ1) is 14.2. The average Bonchev–Trinajstić information content (AvgIpc) is 2.19. The highest BCUT2D eigenvalue weighted by molar-refractivity contribution is 9.10. The first-order chi connectivity index (χ1) is 7.72. The van der Waals surface area contributed by atoms with Gasteiger partial charge in [0.1, 0.15) is 0 Å². The van der Waals surface area contributed by atoms with Crippen molar-refractivity contribution in [2.75, 3.05) is 5.75 Å². The number of hydrogen-bond donors (Lipinski definition) is 0. The molecule has 1 aromatic carbocycles. The number of rotatable bonds is 3. The molecule has 1 rings (SSSR count). The summed E-state index contributed by atoms with van der Waals surface area (Å²) >= 11 is 3.20. The Balaban J connectivity index is 2.72. The summed E-state index contributed by atoms with van der Waals surface area (Å²) in [5, 5.41) is 0. The Kier molecular flexibility index (Phi) is 4.37. The largest absolute Gasteiger partial charge is 0.497 e. The van der Waals surface area contributed by atoms with E-state index in [1.165, 1.54) is 6.08 Å². The lowest BCUT2D eigenvalue weighted by Gasteiger charge is -2.04. The molecule has 0 spiro atoms. The molecular formula is C10H8BrF3O2S. The average molecular weight is 329 g/mol. The van der Waals surface area contributed by atoms with Gasteiger partial charge in [0.2, 0.25) is 0 Å². The summed E-state index contributed by atoms with van der Waals surface area (Å²) in [6, 6.07) is 6.72. The zero-order valence-electron chi connectivity index (χ0n) is 8.41. The van der Waals surface area contributed by atoms with Crippen LogP contribution in [0.2, 0.25) is 0 Å². The fourth-order valence-corrected chi connectivity index (χ4v) is 1.78. The van der Waals surface area contributed by atoms with Crippen LogP contribution in [0.1, 0.15) is 5.56 Å². The van der Waals surface area contributed by atoms with Gasteiger partial charge in [-0.2, -0.15) is 13.2 Å². The van der Waals surface area contributed by atoms with Gasteiger partial charge in [-0.3, -0.25) is 0 Å². The minimum Gasteiger partial charge on any atom is -0.219 e. The van der Waals surface area contributed by atoms with Crippen LogP contribution in [0.3, 0.4) is 0 Å². The van der Waals surface area contributed by atoms with Gasteiger partial charge in [-0.1, -0.05) is 40.2 Å². The van der Waals surface area contributed by atoms with Crippen LogP contribution in [-0.2, 0) is 9.84 Å². The molecule has 0 unspecified atom stereocenters. The van der Waals surface area contributed by atoms with Gasteiger partial charge >= 0.3 is 5.51 Å². The second kappa shape index (κ2) is 5.22. The van der Waals surface area contributed by atoms with Gasteiger partial charge in [0, 0.05) is 4.47 Å². The molecule has 0 atom stereocenters. The molecule has 1 aromatic rings. The Morgan fingerprint density at radius 3 is 2.18 bits per heavy atom. The van der Waals surface area contributed by atoms with E-state index in [-0.39, 0.29) is 0 Å². The molecule has 2 nitrogen and oxygen atoms in total. The number of sulfone groups is 1. The van der Waals surface area contributed by atoms with Crippen LogP contribution in [0, 0.1) is 0 Å². The van der Waals surface area contributed by atoms with Crippen LogP contribution in [0.15, 0.2) is 34.8 Å². The molecule has 0 fully saturated rings. The van der Waals surface area contributed by atoms with Crippen molar-refractivity contribution in [3.63, 3.8) is 0 Å². The van der Waals surface area contributed by atoms with Gasteiger partial charge in [0.25, 0.3) is 9.84 Å². The molecule has 0 radical (unpaired) electrons. The molecule has 0 amide bonds. The van der Waals surface area contributed by atoms with E-state index in [0.29, 0.717) is 5.56 Å². The van der Waals surface area contributed by atoms with Crippen molar-refractivity contribution in [2.45, 2.75) is 5.51 Å². The Morgan fingerprint density at radius 1 is 1.18 bits per heavy atom. The van der Waals surface area contributed by atoms with E-state index >= 15 is 0 Å². The van der Waals surface area contributed by atoms with Crippen molar-refractivity contribution < 1.29 is 21.6 Å². The molecule has 7 heteroatoms. The Morgan fingerprint density at radius 2 is 1.71 bits per heavy atom.